The van der Waals surface area contributed by atoms with Crippen molar-refractivity contribution < 1.29 is 9.84 Å². The summed E-state index contributed by atoms with van der Waals surface area (Å²) in [7, 11) is 1.93. The highest BCUT2D eigenvalue weighted by Gasteiger charge is 2.16. The van der Waals surface area contributed by atoms with Crippen LogP contribution in [0.1, 0.15) is 11.3 Å². The lowest BCUT2D eigenvalue weighted by Gasteiger charge is -2.17. The lowest BCUT2D eigenvalue weighted by Crippen LogP contribution is -2.27. The standard InChI is InChI=1S/C25H26N6O2/c1-16-17(2)28-23-13-22(25-26-10-11-30(25)3)29-31(23)24(16)27-14-20(32)15-33-21-9-8-18-6-4-5-7-19(18)12-21/h4-13,20,27,32H,14-15H2,1-3H3. The smallest absolute Gasteiger partial charge is 0.160 e. The highest BCUT2D eigenvalue weighted by molar-refractivity contribution is 5.83. The van der Waals surface area contributed by atoms with E-state index >= 15 is 0 Å². The number of ether oxygens (including phenoxy) is 1. The van der Waals surface area contributed by atoms with Crippen molar-refractivity contribution in [2.24, 2.45) is 7.05 Å². The van der Waals surface area contributed by atoms with Crippen molar-refractivity contribution in [2.75, 3.05) is 18.5 Å². The Bertz CT molecular complexity index is 1440. The fourth-order valence-corrected chi connectivity index (χ4v) is 3.85. The first-order chi connectivity index (χ1) is 16.0. The molecule has 3 aromatic heterocycles. The van der Waals surface area contributed by atoms with Crippen molar-refractivity contribution in [3.63, 3.8) is 0 Å². The van der Waals surface area contributed by atoms with Crippen LogP contribution < -0.4 is 10.1 Å². The number of benzene rings is 2. The van der Waals surface area contributed by atoms with Gasteiger partial charge in [-0.15, -0.1) is 0 Å². The van der Waals surface area contributed by atoms with Crippen LogP contribution in [0.25, 0.3) is 27.9 Å². The number of fused-ring (bicyclic) bond motifs is 2. The monoisotopic (exact) mass is 442 g/mol. The maximum atomic E-state index is 10.6. The molecule has 5 aromatic rings. The normalized spacial score (nSPS) is 12.4. The summed E-state index contributed by atoms with van der Waals surface area (Å²) >= 11 is 0. The molecule has 2 N–H and O–H groups in total. The average molecular weight is 443 g/mol. The van der Waals surface area contributed by atoms with E-state index in [9.17, 15) is 5.11 Å². The topological polar surface area (TPSA) is 89.5 Å². The fourth-order valence-electron chi connectivity index (χ4n) is 3.85. The second-order valence-electron chi connectivity index (χ2n) is 8.19. The number of aryl methyl sites for hydroxylation is 2. The molecule has 0 spiro atoms. The first kappa shape index (κ1) is 21.0. The van der Waals surface area contributed by atoms with E-state index in [1.54, 1.807) is 10.7 Å². The predicted octanol–water partition coefficient (Wildman–Crippen LogP) is 3.75. The zero-order chi connectivity index (χ0) is 22.9. The highest BCUT2D eigenvalue weighted by Crippen LogP contribution is 2.24. The molecule has 8 nitrogen and oxygen atoms in total. The molecule has 0 bridgehead atoms. The van der Waals surface area contributed by atoms with Crippen molar-refractivity contribution in [1.29, 1.82) is 0 Å². The Labute approximate surface area is 191 Å². The van der Waals surface area contributed by atoms with E-state index in [0.29, 0.717) is 6.54 Å². The number of imidazole rings is 1. The minimum absolute atomic E-state index is 0.176. The third-order valence-corrected chi connectivity index (χ3v) is 5.80. The van der Waals surface area contributed by atoms with Gasteiger partial charge < -0.3 is 19.7 Å². The number of anilines is 1. The predicted molar refractivity (Wildman–Crippen MR) is 129 cm³/mol. The minimum Gasteiger partial charge on any atom is -0.491 e. The van der Waals surface area contributed by atoms with Crippen LogP contribution >= 0.6 is 0 Å². The molecule has 0 fully saturated rings. The molecule has 0 aliphatic rings. The largest absolute Gasteiger partial charge is 0.491 e. The van der Waals surface area contributed by atoms with Crippen molar-refractivity contribution in [3.05, 3.63) is 72.2 Å². The van der Waals surface area contributed by atoms with Crippen LogP contribution in [0.4, 0.5) is 5.82 Å². The molecule has 168 valence electrons. The van der Waals surface area contributed by atoms with E-state index < -0.39 is 6.10 Å². The summed E-state index contributed by atoms with van der Waals surface area (Å²) in [5.41, 5.74) is 3.33. The van der Waals surface area contributed by atoms with Crippen LogP contribution in [-0.2, 0) is 7.05 Å². The van der Waals surface area contributed by atoms with E-state index in [1.807, 2.05) is 74.1 Å². The molecule has 1 atom stereocenters. The molecule has 5 rings (SSSR count). The number of hydrogen-bond acceptors (Lipinski definition) is 6. The first-order valence-electron chi connectivity index (χ1n) is 10.9. The van der Waals surface area contributed by atoms with E-state index in [1.165, 1.54) is 0 Å². The number of aromatic nitrogens is 5. The number of aliphatic hydroxyl groups is 1. The van der Waals surface area contributed by atoms with Crippen molar-refractivity contribution in [2.45, 2.75) is 20.0 Å². The van der Waals surface area contributed by atoms with Gasteiger partial charge in [0.25, 0.3) is 0 Å². The Balaban J connectivity index is 1.31. The quantitative estimate of drug-likeness (QED) is 0.399. The molecule has 33 heavy (non-hydrogen) atoms. The molecule has 1 unspecified atom stereocenters. The van der Waals surface area contributed by atoms with Gasteiger partial charge in [-0.1, -0.05) is 30.3 Å². The Morgan fingerprint density at radius 3 is 2.70 bits per heavy atom. The molecule has 0 radical (unpaired) electrons. The summed E-state index contributed by atoms with van der Waals surface area (Å²) in [6.45, 7) is 4.44. The Morgan fingerprint density at radius 2 is 1.91 bits per heavy atom. The maximum absolute atomic E-state index is 10.6. The van der Waals surface area contributed by atoms with Gasteiger partial charge in [-0.25, -0.2) is 9.97 Å². The molecule has 3 heterocycles. The van der Waals surface area contributed by atoms with E-state index in [0.717, 1.165) is 50.8 Å². The lowest BCUT2D eigenvalue weighted by atomic mass is 10.1. The number of rotatable bonds is 7. The van der Waals surface area contributed by atoms with Gasteiger partial charge in [-0.2, -0.15) is 9.61 Å². The van der Waals surface area contributed by atoms with Crippen LogP contribution in [0.2, 0.25) is 0 Å². The Morgan fingerprint density at radius 1 is 1.09 bits per heavy atom. The molecule has 8 heteroatoms. The van der Waals surface area contributed by atoms with Crippen LogP contribution in [0, 0.1) is 13.8 Å². The van der Waals surface area contributed by atoms with E-state index in [-0.39, 0.29) is 6.61 Å². The molecule has 0 saturated heterocycles. The van der Waals surface area contributed by atoms with Gasteiger partial charge in [0.2, 0.25) is 0 Å². The SMILES string of the molecule is Cc1nc2cc(-c3nccn3C)nn2c(NCC(O)COc2ccc3ccccc3c2)c1C. The molecule has 0 aliphatic heterocycles. The van der Waals surface area contributed by atoms with Gasteiger partial charge in [0.05, 0.1) is 0 Å². The Kier molecular flexibility index (Phi) is 5.43. The summed E-state index contributed by atoms with van der Waals surface area (Å²) in [4.78, 5) is 9.04. The number of aliphatic hydroxyl groups excluding tert-OH is 1. The lowest BCUT2D eigenvalue weighted by molar-refractivity contribution is 0.117. The van der Waals surface area contributed by atoms with Crippen LogP contribution in [0.3, 0.4) is 0 Å². The fraction of sp³-hybridized carbons (Fsp3) is 0.240. The zero-order valence-corrected chi connectivity index (χ0v) is 18.9. The van der Waals surface area contributed by atoms with Crippen LogP contribution in [0.5, 0.6) is 5.75 Å². The maximum Gasteiger partial charge on any atom is 0.160 e. The second kappa shape index (κ2) is 8.55. The van der Waals surface area contributed by atoms with Gasteiger partial charge in [0, 0.05) is 43.3 Å². The molecular formula is C25H26N6O2. The third-order valence-electron chi connectivity index (χ3n) is 5.80. The van der Waals surface area contributed by atoms with Gasteiger partial charge in [0.1, 0.15) is 30.0 Å². The number of hydrogen-bond donors (Lipinski definition) is 2. The van der Waals surface area contributed by atoms with Gasteiger partial charge >= 0.3 is 0 Å². The minimum atomic E-state index is -0.705. The molecular weight excluding hydrogens is 416 g/mol. The average Bonchev–Trinajstić information content (AvgIpc) is 3.43. The first-order valence-corrected chi connectivity index (χ1v) is 10.9. The van der Waals surface area contributed by atoms with Gasteiger partial charge in [0.15, 0.2) is 11.5 Å². The van der Waals surface area contributed by atoms with Gasteiger partial charge in [-0.05, 0) is 36.8 Å². The van der Waals surface area contributed by atoms with Gasteiger partial charge in [-0.3, -0.25) is 0 Å². The third kappa shape index (κ3) is 4.12. The van der Waals surface area contributed by atoms with Crippen LogP contribution in [-0.4, -0.2) is 48.5 Å². The number of nitrogens with one attached hydrogen (secondary N) is 1. The van der Waals surface area contributed by atoms with E-state index in [4.69, 9.17) is 9.84 Å². The molecule has 2 aromatic carbocycles. The highest BCUT2D eigenvalue weighted by atomic mass is 16.5. The summed E-state index contributed by atoms with van der Waals surface area (Å²) in [5, 5.41) is 20.9. The van der Waals surface area contributed by atoms with Crippen molar-refractivity contribution >= 4 is 22.2 Å². The van der Waals surface area contributed by atoms with E-state index in [2.05, 4.69) is 21.4 Å². The second-order valence-corrected chi connectivity index (χ2v) is 8.19. The molecule has 0 aliphatic carbocycles. The molecule has 0 amide bonds. The van der Waals surface area contributed by atoms with Crippen molar-refractivity contribution in [3.8, 4) is 17.3 Å². The Hall–Kier alpha value is -3.91. The summed E-state index contributed by atoms with van der Waals surface area (Å²) in [6.07, 6.45) is 2.92. The molecule has 0 saturated carbocycles. The summed E-state index contributed by atoms with van der Waals surface area (Å²) < 4.78 is 9.52. The van der Waals surface area contributed by atoms with Crippen molar-refractivity contribution in [1.82, 2.24) is 24.1 Å². The zero-order valence-electron chi connectivity index (χ0n) is 18.9. The number of nitrogens with zero attached hydrogens (tertiary/aromatic N) is 5. The summed E-state index contributed by atoms with van der Waals surface area (Å²) in [5.74, 6) is 2.30. The summed E-state index contributed by atoms with van der Waals surface area (Å²) in [6, 6.07) is 16.0. The van der Waals surface area contributed by atoms with Crippen LogP contribution in [0.15, 0.2) is 60.9 Å².